The number of amides is 1. The van der Waals surface area contributed by atoms with Crippen LogP contribution in [0.1, 0.15) is 5.56 Å². The Morgan fingerprint density at radius 2 is 2.23 bits per heavy atom. The molecule has 0 unspecified atom stereocenters. The number of carbonyl (C=O) groups excluding carboxylic acids is 1. The number of rotatable bonds is 5. The molecule has 116 valence electrons. The highest BCUT2D eigenvalue weighted by Crippen LogP contribution is 2.32. The van der Waals surface area contributed by atoms with Gasteiger partial charge in [-0.2, -0.15) is 8.78 Å². The van der Waals surface area contributed by atoms with Crippen molar-refractivity contribution >= 4 is 46.3 Å². The molecule has 0 spiro atoms. The summed E-state index contributed by atoms with van der Waals surface area (Å²) in [4.78, 5) is 23.9. The number of carboxylic acid groups (broad SMARTS) is 1. The maximum absolute atomic E-state index is 12.2. The topological polar surface area (TPSA) is 66.8 Å². The number of thioether (sulfide) groups is 1. The fourth-order valence-corrected chi connectivity index (χ4v) is 2.96. The van der Waals surface area contributed by atoms with Crippen LogP contribution in [0.2, 0.25) is 0 Å². The molecule has 0 saturated carbocycles. The Labute approximate surface area is 133 Å². The molecule has 0 aromatic heterocycles. The lowest BCUT2D eigenvalue weighted by Gasteiger charge is -2.10. The highest BCUT2D eigenvalue weighted by atomic mass is 32.2. The molecule has 0 radical (unpaired) electrons. The maximum Gasteiger partial charge on any atom is 0.387 e. The second-order valence-corrected chi connectivity index (χ2v) is 5.79. The van der Waals surface area contributed by atoms with Crippen molar-refractivity contribution in [2.75, 3.05) is 6.54 Å². The molecular formula is C13H9F2NO4S2. The van der Waals surface area contributed by atoms with Gasteiger partial charge >= 0.3 is 12.6 Å². The van der Waals surface area contributed by atoms with E-state index in [1.165, 1.54) is 24.3 Å². The predicted molar refractivity (Wildman–Crippen MR) is 80.6 cm³/mol. The van der Waals surface area contributed by atoms with Crippen molar-refractivity contribution in [1.82, 2.24) is 4.90 Å². The predicted octanol–water partition coefficient (Wildman–Crippen LogP) is 2.57. The second kappa shape index (κ2) is 6.84. The third-order valence-corrected chi connectivity index (χ3v) is 3.93. The van der Waals surface area contributed by atoms with E-state index in [9.17, 15) is 18.4 Å². The summed E-state index contributed by atoms with van der Waals surface area (Å²) < 4.78 is 28.7. The Bertz CT molecular complexity index is 663. The monoisotopic (exact) mass is 345 g/mol. The first-order valence-corrected chi connectivity index (χ1v) is 7.11. The summed E-state index contributed by atoms with van der Waals surface area (Å²) in [5.41, 5.74) is 0.467. The summed E-state index contributed by atoms with van der Waals surface area (Å²) >= 11 is 5.91. The van der Waals surface area contributed by atoms with Crippen LogP contribution in [0, 0.1) is 0 Å². The SMILES string of the molecule is O=C(O)CN1C(=O)C(=Cc2cccc(OC(F)F)c2)SC1=S. The number of ether oxygens (including phenoxy) is 1. The number of carbonyl (C=O) groups is 2. The average Bonchev–Trinajstić information content (AvgIpc) is 2.66. The van der Waals surface area contributed by atoms with E-state index in [4.69, 9.17) is 17.3 Å². The number of alkyl halides is 2. The van der Waals surface area contributed by atoms with Crippen molar-refractivity contribution in [2.45, 2.75) is 6.61 Å². The van der Waals surface area contributed by atoms with Gasteiger partial charge in [-0.15, -0.1) is 0 Å². The lowest BCUT2D eigenvalue weighted by atomic mass is 10.2. The number of hydrogen-bond acceptors (Lipinski definition) is 5. The van der Waals surface area contributed by atoms with Gasteiger partial charge in [-0.05, 0) is 23.8 Å². The first kappa shape index (κ1) is 16.4. The van der Waals surface area contributed by atoms with Crippen LogP contribution in [-0.4, -0.2) is 39.4 Å². The Kier molecular flexibility index (Phi) is 5.09. The van der Waals surface area contributed by atoms with Crippen molar-refractivity contribution in [3.05, 3.63) is 34.7 Å². The molecule has 0 atom stereocenters. The lowest BCUT2D eigenvalue weighted by Crippen LogP contribution is -2.33. The number of hydrogen-bond donors (Lipinski definition) is 1. The number of nitrogens with zero attached hydrogens (tertiary/aromatic N) is 1. The summed E-state index contributed by atoms with van der Waals surface area (Å²) in [7, 11) is 0. The number of carboxylic acids is 1. The quantitative estimate of drug-likeness (QED) is 0.654. The van der Waals surface area contributed by atoms with E-state index in [1.54, 1.807) is 6.07 Å². The van der Waals surface area contributed by atoms with Gasteiger partial charge in [0.15, 0.2) is 0 Å². The molecular weight excluding hydrogens is 336 g/mol. The van der Waals surface area contributed by atoms with Gasteiger partial charge in [-0.25, -0.2) is 0 Å². The molecule has 1 N–H and O–H groups in total. The molecule has 9 heteroatoms. The van der Waals surface area contributed by atoms with Crippen LogP contribution in [0.5, 0.6) is 5.75 Å². The largest absolute Gasteiger partial charge is 0.480 e. The standard InChI is InChI=1S/C13H9F2NO4S2/c14-12(15)20-8-3-1-2-7(4-8)5-9-11(19)16(6-10(17)18)13(21)22-9/h1-5,12H,6H2,(H,17,18). The summed E-state index contributed by atoms with van der Waals surface area (Å²) in [6.45, 7) is -3.46. The smallest absolute Gasteiger partial charge is 0.387 e. The van der Waals surface area contributed by atoms with Crippen molar-refractivity contribution < 1.29 is 28.2 Å². The molecule has 1 aliphatic rings. The van der Waals surface area contributed by atoms with E-state index in [2.05, 4.69) is 4.74 Å². The summed E-state index contributed by atoms with van der Waals surface area (Å²) in [6.07, 6.45) is 1.44. The molecule has 1 aliphatic heterocycles. The van der Waals surface area contributed by atoms with Crippen LogP contribution in [0.15, 0.2) is 29.2 Å². The molecule has 1 amide bonds. The molecule has 22 heavy (non-hydrogen) atoms. The van der Waals surface area contributed by atoms with Gasteiger partial charge in [-0.1, -0.05) is 36.1 Å². The minimum absolute atomic E-state index is 0.0373. The van der Waals surface area contributed by atoms with Gasteiger partial charge in [0.1, 0.15) is 16.6 Å². The zero-order valence-corrected chi connectivity index (χ0v) is 12.5. The highest BCUT2D eigenvalue weighted by molar-refractivity contribution is 8.26. The van der Waals surface area contributed by atoms with Gasteiger partial charge < -0.3 is 9.84 Å². The number of thiocarbonyl (C=S) groups is 1. The van der Waals surface area contributed by atoms with E-state index in [-0.39, 0.29) is 15.0 Å². The van der Waals surface area contributed by atoms with E-state index in [0.717, 1.165) is 16.7 Å². The van der Waals surface area contributed by atoms with Crippen LogP contribution >= 0.6 is 24.0 Å². The Morgan fingerprint density at radius 1 is 1.50 bits per heavy atom. The second-order valence-electron chi connectivity index (χ2n) is 4.11. The van der Waals surface area contributed by atoms with E-state index in [1.807, 2.05) is 0 Å². The van der Waals surface area contributed by atoms with Crippen LogP contribution in [0.4, 0.5) is 8.78 Å². The summed E-state index contributed by atoms with van der Waals surface area (Å²) in [5.74, 6) is -1.74. The van der Waals surface area contributed by atoms with Crippen LogP contribution in [0.3, 0.4) is 0 Å². The molecule has 1 heterocycles. The summed E-state index contributed by atoms with van der Waals surface area (Å²) in [5, 5.41) is 8.74. The zero-order valence-electron chi connectivity index (χ0n) is 10.9. The molecule has 0 aliphatic carbocycles. The number of benzene rings is 1. The third-order valence-electron chi connectivity index (χ3n) is 2.55. The number of aliphatic carboxylic acids is 1. The highest BCUT2D eigenvalue weighted by Gasteiger charge is 2.33. The third kappa shape index (κ3) is 4.01. The van der Waals surface area contributed by atoms with Crippen molar-refractivity contribution in [1.29, 1.82) is 0 Å². The minimum atomic E-state index is -2.94. The van der Waals surface area contributed by atoms with Gasteiger partial charge in [0.05, 0.1) is 4.91 Å². The molecule has 1 aromatic rings. The normalized spacial score (nSPS) is 16.7. The van der Waals surface area contributed by atoms with Crippen LogP contribution in [0.25, 0.3) is 6.08 Å². The van der Waals surface area contributed by atoms with E-state index >= 15 is 0 Å². The summed E-state index contributed by atoms with van der Waals surface area (Å²) in [6, 6.07) is 5.80. The molecule has 1 fully saturated rings. The maximum atomic E-state index is 12.2. The van der Waals surface area contributed by atoms with Crippen molar-refractivity contribution in [3.63, 3.8) is 0 Å². The Morgan fingerprint density at radius 3 is 2.86 bits per heavy atom. The van der Waals surface area contributed by atoms with E-state index < -0.39 is 25.0 Å². The van der Waals surface area contributed by atoms with Gasteiger partial charge in [-0.3, -0.25) is 14.5 Å². The first-order chi connectivity index (χ1) is 10.4. The van der Waals surface area contributed by atoms with Gasteiger partial charge in [0, 0.05) is 0 Å². The fraction of sp³-hybridized carbons (Fsp3) is 0.154. The molecule has 1 aromatic carbocycles. The molecule has 2 rings (SSSR count). The van der Waals surface area contributed by atoms with Crippen molar-refractivity contribution in [3.8, 4) is 5.75 Å². The zero-order chi connectivity index (χ0) is 16.3. The lowest BCUT2D eigenvalue weighted by molar-refractivity contribution is -0.140. The van der Waals surface area contributed by atoms with Crippen LogP contribution in [-0.2, 0) is 9.59 Å². The van der Waals surface area contributed by atoms with Crippen molar-refractivity contribution in [2.24, 2.45) is 0 Å². The van der Waals surface area contributed by atoms with Gasteiger partial charge in [0.25, 0.3) is 5.91 Å². The van der Waals surface area contributed by atoms with Gasteiger partial charge in [0.2, 0.25) is 0 Å². The molecule has 1 saturated heterocycles. The molecule has 0 bridgehead atoms. The van der Waals surface area contributed by atoms with E-state index in [0.29, 0.717) is 5.56 Å². The Balaban J connectivity index is 2.21. The number of halogens is 2. The minimum Gasteiger partial charge on any atom is -0.480 e. The average molecular weight is 345 g/mol. The fourth-order valence-electron chi connectivity index (χ4n) is 1.70. The van der Waals surface area contributed by atoms with Crippen LogP contribution < -0.4 is 4.74 Å². The Hall–Kier alpha value is -2.00. The first-order valence-electron chi connectivity index (χ1n) is 5.89. The molecule has 5 nitrogen and oxygen atoms in total.